The minimum atomic E-state index is -4.37. The molecule has 1 unspecified atom stereocenters. The molecule has 1 spiro atoms. The van der Waals surface area contributed by atoms with Crippen LogP contribution in [0.25, 0.3) is 0 Å². The van der Waals surface area contributed by atoms with E-state index in [1.54, 1.807) is 0 Å². The molecule has 2 aliphatic rings. The summed E-state index contributed by atoms with van der Waals surface area (Å²) >= 11 is 5.76. The molecule has 21 heavy (non-hydrogen) atoms. The first-order valence-electron chi connectivity index (χ1n) is 6.84. The van der Waals surface area contributed by atoms with Crippen molar-refractivity contribution in [2.75, 3.05) is 10.6 Å². The van der Waals surface area contributed by atoms with Crippen LogP contribution in [-0.4, -0.2) is 33.2 Å². The Bertz CT molecular complexity index is 546. The van der Waals surface area contributed by atoms with Gasteiger partial charge in [0.25, 0.3) is 0 Å². The summed E-state index contributed by atoms with van der Waals surface area (Å²) in [6, 6.07) is -1.41. The highest BCUT2D eigenvalue weighted by molar-refractivity contribution is 6.28. The van der Waals surface area contributed by atoms with E-state index < -0.39 is 12.2 Å². The van der Waals surface area contributed by atoms with Gasteiger partial charge in [-0.25, -0.2) is 0 Å². The number of hydrogen-bond acceptors (Lipinski definition) is 5. The molecule has 9 heteroatoms. The second kappa shape index (κ2) is 4.86. The van der Waals surface area contributed by atoms with Gasteiger partial charge in [0.15, 0.2) is 0 Å². The lowest BCUT2D eigenvalue weighted by molar-refractivity contribution is -0.143. The zero-order valence-corrected chi connectivity index (χ0v) is 12.1. The van der Waals surface area contributed by atoms with E-state index in [9.17, 15) is 13.2 Å². The minimum Gasteiger partial charge on any atom is -0.351 e. The van der Waals surface area contributed by atoms with Gasteiger partial charge in [-0.3, -0.25) is 0 Å². The molecule has 0 aliphatic heterocycles. The maximum atomic E-state index is 12.8. The first-order valence-corrected chi connectivity index (χ1v) is 7.21. The molecule has 5 nitrogen and oxygen atoms in total. The van der Waals surface area contributed by atoms with Crippen LogP contribution in [0.15, 0.2) is 0 Å². The summed E-state index contributed by atoms with van der Waals surface area (Å²) < 4.78 is 38.3. The lowest BCUT2D eigenvalue weighted by atomic mass is 10.2. The molecule has 0 bridgehead atoms. The lowest BCUT2D eigenvalue weighted by Gasteiger charge is -2.20. The van der Waals surface area contributed by atoms with Crippen molar-refractivity contribution in [1.29, 1.82) is 0 Å². The van der Waals surface area contributed by atoms with Gasteiger partial charge in [-0.2, -0.15) is 28.1 Å². The van der Waals surface area contributed by atoms with Crippen LogP contribution in [0, 0.1) is 5.41 Å². The molecule has 2 N–H and O–H groups in total. The molecule has 2 atom stereocenters. The molecule has 2 aliphatic carbocycles. The van der Waals surface area contributed by atoms with Crippen LogP contribution in [0.5, 0.6) is 0 Å². The van der Waals surface area contributed by atoms with E-state index in [-0.39, 0.29) is 23.6 Å². The maximum Gasteiger partial charge on any atom is 0.408 e. The predicted octanol–water partition coefficient (Wildman–Crippen LogP) is 3.24. The Hall–Kier alpha value is -1.31. The summed E-state index contributed by atoms with van der Waals surface area (Å²) in [5.74, 6) is 0.0653. The summed E-state index contributed by atoms with van der Waals surface area (Å²) in [6.45, 7) is 1.44. The molecule has 2 saturated carbocycles. The molecule has 0 amide bonds. The number of anilines is 2. The Morgan fingerprint density at radius 3 is 2.48 bits per heavy atom. The first-order chi connectivity index (χ1) is 9.82. The van der Waals surface area contributed by atoms with Crippen molar-refractivity contribution in [1.82, 2.24) is 15.0 Å². The van der Waals surface area contributed by atoms with Gasteiger partial charge in [0.05, 0.1) is 0 Å². The fourth-order valence-electron chi connectivity index (χ4n) is 2.47. The van der Waals surface area contributed by atoms with Gasteiger partial charge in [0.2, 0.25) is 17.2 Å². The largest absolute Gasteiger partial charge is 0.408 e. The number of nitrogens with one attached hydrogen (secondary N) is 2. The fourth-order valence-corrected chi connectivity index (χ4v) is 2.63. The Morgan fingerprint density at radius 2 is 1.95 bits per heavy atom. The van der Waals surface area contributed by atoms with Crippen molar-refractivity contribution in [2.24, 2.45) is 5.41 Å². The summed E-state index contributed by atoms with van der Waals surface area (Å²) in [5.41, 5.74) is 0.380. The monoisotopic (exact) mass is 321 g/mol. The SMILES string of the molecule is CC[C@@H](Nc1nc(Cl)nc(NC2CC23CC3)n1)C(F)(F)F. The Labute approximate surface area is 124 Å². The quantitative estimate of drug-likeness (QED) is 0.871. The third-order valence-corrected chi connectivity index (χ3v) is 4.27. The standard InChI is InChI=1S/C12H15ClF3N5/c1-2-6(12(14,15)16)17-9-19-8(13)20-10(21-9)18-7-5-11(7)3-4-11/h6-7H,2-5H2,1H3,(H2,17,18,19,20,21)/t6-,7?/m1/s1. The van der Waals surface area contributed by atoms with Crippen molar-refractivity contribution >= 4 is 23.5 Å². The molecule has 0 radical (unpaired) electrons. The van der Waals surface area contributed by atoms with Crippen LogP contribution in [0.3, 0.4) is 0 Å². The van der Waals surface area contributed by atoms with Gasteiger partial charge in [-0.05, 0) is 42.7 Å². The molecule has 1 aromatic rings. The van der Waals surface area contributed by atoms with Gasteiger partial charge < -0.3 is 10.6 Å². The van der Waals surface area contributed by atoms with Gasteiger partial charge in [0, 0.05) is 6.04 Å². The van der Waals surface area contributed by atoms with Crippen LogP contribution >= 0.6 is 11.6 Å². The van der Waals surface area contributed by atoms with Gasteiger partial charge in [0.1, 0.15) is 6.04 Å². The second-order valence-electron chi connectivity index (χ2n) is 5.66. The molecular weight excluding hydrogens is 307 g/mol. The number of nitrogens with zero attached hydrogens (tertiary/aromatic N) is 3. The van der Waals surface area contributed by atoms with E-state index in [4.69, 9.17) is 11.6 Å². The summed E-state index contributed by atoms with van der Waals surface area (Å²) in [7, 11) is 0. The maximum absolute atomic E-state index is 12.8. The Kier molecular flexibility index (Phi) is 3.38. The summed E-state index contributed by atoms with van der Waals surface area (Å²) in [4.78, 5) is 11.6. The third kappa shape index (κ3) is 3.14. The average molecular weight is 322 g/mol. The molecule has 3 rings (SSSR count). The second-order valence-corrected chi connectivity index (χ2v) is 6.00. The lowest BCUT2D eigenvalue weighted by Crippen LogP contribution is -2.36. The fraction of sp³-hybridized carbons (Fsp3) is 0.750. The van der Waals surface area contributed by atoms with E-state index in [0.717, 1.165) is 6.42 Å². The van der Waals surface area contributed by atoms with Crippen molar-refractivity contribution in [3.63, 3.8) is 0 Å². The number of rotatable bonds is 5. The zero-order valence-electron chi connectivity index (χ0n) is 11.3. The summed E-state index contributed by atoms with van der Waals surface area (Å²) in [6.07, 6.45) is -1.07. The highest BCUT2D eigenvalue weighted by Crippen LogP contribution is 2.66. The Morgan fingerprint density at radius 1 is 1.29 bits per heavy atom. The molecule has 0 saturated heterocycles. The van der Waals surface area contributed by atoms with Crippen LogP contribution in [-0.2, 0) is 0 Å². The smallest absolute Gasteiger partial charge is 0.351 e. The molecule has 116 valence electrons. The minimum absolute atomic E-state index is 0.124. The molecule has 1 heterocycles. The van der Waals surface area contributed by atoms with E-state index in [1.807, 2.05) is 0 Å². The molecule has 0 aromatic carbocycles. The van der Waals surface area contributed by atoms with E-state index >= 15 is 0 Å². The van der Waals surface area contributed by atoms with Crippen molar-refractivity contribution < 1.29 is 13.2 Å². The molecule has 1 aromatic heterocycles. The van der Waals surface area contributed by atoms with Gasteiger partial charge in [-0.15, -0.1) is 0 Å². The molecule has 2 fully saturated rings. The van der Waals surface area contributed by atoms with Crippen molar-refractivity contribution in [2.45, 2.75) is 50.9 Å². The van der Waals surface area contributed by atoms with Crippen molar-refractivity contribution in [3.05, 3.63) is 5.28 Å². The predicted molar refractivity (Wildman–Crippen MR) is 72.3 cm³/mol. The zero-order chi connectivity index (χ0) is 15.3. The highest BCUT2D eigenvalue weighted by Gasteiger charge is 2.63. The number of halogens is 4. The van der Waals surface area contributed by atoms with Crippen LogP contribution in [0.2, 0.25) is 5.28 Å². The van der Waals surface area contributed by atoms with Crippen LogP contribution in [0.1, 0.15) is 32.6 Å². The van der Waals surface area contributed by atoms with E-state index in [0.29, 0.717) is 11.5 Å². The number of alkyl halides is 3. The topological polar surface area (TPSA) is 62.7 Å². The van der Waals surface area contributed by atoms with Crippen LogP contribution < -0.4 is 10.6 Å². The van der Waals surface area contributed by atoms with Gasteiger partial charge >= 0.3 is 6.18 Å². The number of aromatic nitrogens is 3. The van der Waals surface area contributed by atoms with Crippen LogP contribution in [0.4, 0.5) is 25.1 Å². The third-order valence-electron chi connectivity index (χ3n) is 4.10. The van der Waals surface area contributed by atoms with Gasteiger partial charge in [-0.1, -0.05) is 6.92 Å². The van der Waals surface area contributed by atoms with E-state index in [2.05, 4.69) is 25.6 Å². The van der Waals surface area contributed by atoms with E-state index in [1.165, 1.54) is 19.8 Å². The Balaban J connectivity index is 1.71. The highest BCUT2D eigenvalue weighted by atomic mass is 35.5. The first kappa shape index (κ1) is 14.6. The normalized spacial score (nSPS) is 23.8. The average Bonchev–Trinajstić information content (AvgIpc) is 3.26. The van der Waals surface area contributed by atoms with Crippen molar-refractivity contribution in [3.8, 4) is 0 Å². The molecular formula is C12H15ClF3N5. The number of hydrogen-bond donors (Lipinski definition) is 2. The summed E-state index contributed by atoms with van der Waals surface area (Å²) in [5, 5.41) is 5.25.